The van der Waals surface area contributed by atoms with Crippen molar-refractivity contribution in [2.75, 3.05) is 31.1 Å². The van der Waals surface area contributed by atoms with Gasteiger partial charge >= 0.3 is 0 Å². The molecule has 8 heteroatoms. The molecule has 0 spiro atoms. The maximum Gasteiger partial charge on any atom is 0.256 e. The van der Waals surface area contributed by atoms with Gasteiger partial charge in [0.1, 0.15) is 0 Å². The number of carbonyl (C=O) groups excluding carboxylic acids is 2. The second-order valence-electron chi connectivity index (χ2n) is 4.93. The second kappa shape index (κ2) is 7.79. The second-order valence-corrected chi connectivity index (χ2v) is 6.68. The first-order chi connectivity index (χ1) is 10.2. The van der Waals surface area contributed by atoms with Crippen molar-refractivity contribution in [3.63, 3.8) is 0 Å². The monoisotopic (exact) mass is 327 g/mol. The van der Waals surface area contributed by atoms with E-state index in [4.69, 9.17) is 0 Å². The predicted molar refractivity (Wildman–Crippen MR) is 85.2 cm³/mol. The summed E-state index contributed by atoms with van der Waals surface area (Å²) in [5, 5.41) is 2.68. The van der Waals surface area contributed by atoms with Crippen LogP contribution in [0, 0.1) is 0 Å². The molecule has 0 unspecified atom stereocenters. The van der Waals surface area contributed by atoms with Gasteiger partial charge in [-0.25, -0.2) is 8.42 Å². The van der Waals surface area contributed by atoms with Gasteiger partial charge in [-0.15, -0.1) is 0 Å². The Bertz CT molecular complexity index is 643. The molecule has 1 aromatic carbocycles. The van der Waals surface area contributed by atoms with Gasteiger partial charge in [-0.05, 0) is 18.6 Å². The van der Waals surface area contributed by atoms with E-state index in [0.717, 1.165) is 12.7 Å². The SMILES string of the molecule is CCCNC(=O)CN(C)C(=O)c1ccccc1NS(C)(=O)=O. The first-order valence-electron chi connectivity index (χ1n) is 6.83. The molecule has 1 aromatic rings. The lowest BCUT2D eigenvalue weighted by Crippen LogP contribution is -2.38. The van der Waals surface area contributed by atoms with Crippen molar-refractivity contribution in [1.29, 1.82) is 0 Å². The molecule has 0 radical (unpaired) electrons. The fourth-order valence-electron chi connectivity index (χ4n) is 1.77. The number of rotatable bonds is 7. The number of benzene rings is 1. The lowest BCUT2D eigenvalue weighted by Gasteiger charge is -2.18. The van der Waals surface area contributed by atoms with E-state index in [1.54, 1.807) is 12.1 Å². The molecule has 0 aromatic heterocycles. The number of anilines is 1. The third-order valence-electron chi connectivity index (χ3n) is 2.75. The Hall–Kier alpha value is -2.09. The van der Waals surface area contributed by atoms with Crippen LogP contribution in [0.3, 0.4) is 0 Å². The van der Waals surface area contributed by atoms with E-state index in [1.807, 2.05) is 6.92 Å². The Kier molecular flexibility index (Phi) is 6.36. The van der Waals surface area contributed by atoms with Crippen molar-refractivity contribution in [3.8, 4) is 0 Å². The first-order valence-corrected chi connectivity index (χ1v) is 8.72. The van der Waals surface area contributed by atoms with Gasteiger partial charge in [-0.1, -0.05) is 19.1 Å². The number of sulfonamides is 1. The summed E-state index contributed by atoms with van der Waals surface area (Å²) in [6.45, 7) is 2.39. The zero-order chi connectivity index (χ0) is 16.8. The van der Waals surface area contributed by atoms with Crippen molar-refractivity contribution < 1.29 is 18.0 Å². The summed E-state index contributed by atoms with van der Waals surface area (Å²) in [6.07, 6.45) is 1.82. The summed E-state index contributed by atoms with van der Waals surface area (Å²) < 4.78 is 25.0. The van der Waals surface area contributed by atoms with Gasteiger partial charge < -0.3 is 10.2 Å². The topological polar surface area (TPSA) is 95.6 Å². The Morgan fingerprint density at radius 1 is 1.23 bits per heavy atom. The minimum Gasteiger partial charge on any atom is -0.355 e. The molecule has 0 saturated heterocycles. The molecule has 0 fully saturated rings. The normalized spacial score (nSPS) is 10.9. The van der Waals surface area contributed by atoms with Crippen LogP contribution in [0.4, 0.5) is 5.69 Å². The van der Waals surface area contributed by atoms with Gasteiger partial charge in [0.15, 0.2) is 0 Å². The van der Waals surface area contributed by atoms with Gasteiger partial charge in [-0.2, -0.15) is 0 Å². The van der Waals surface area contributed by atoms with Crippen molar-refractivity contribution >= 4 is 27.5 Å². The standard InChI is InChI=1S/C14H21N3O4S/c1-4-9-15-13(18)10-17(2)14(19)11-7-5-6-8-12(11)16-22(3,20)21/h5-8,16H,4,9-10H2,1-3H3,(H,15,18). The van der Waals surface area contributed by atoms with Crippen LogP contribution in [-0.4, -0.2) is 51.5 Å². The number of amides is 2. The molecular formula is C14H21N3O4S. The number of hydrogen-bond acceptors (Lipinski definition) is 4. The number of para-hydroxylation sites is 1. The van der Waals surface area contributed by atoms with Gasteiger partial charge in [0.2, 0.25) is 15.9 Å². The molecule has 2 amide bonds. The highest BCUT2D eigenvalue weighted by Gasteiger charge is 2.19. The zero-order valence-electron chi connectivity index (χ0n) is 12.9. The van der Waals surface area contributed by atoms with Crippen LogP contribution in [0.5, 0.6) is 0 Å². The van der Waals surface area contributed by atoms with E-state index < -0.39 is 15.9 Å². The van der Waals surface area contributed by atoms with E-state index in [1.165, 1.54) is 24.1 Å². The maximum atomic E-state index is 12.4. The summed E-state index contributed by atoms with van der Waals surface area (Å²) in [5.41, 5.74) is 0.384. The van der Waals surface area contributed by atoms with Crippen LogP contribution in [0.1, 0.15) is 23.7 Å². The van der Waals surface area contributed by atoms with Crippen LogP contribution >= 0.6 is 0 Å². The maximum absolute atomic E-state index is 12.4. The van der Waals surface area contributed by atoms with Crippen LogP contribution in [0.25, 0.3) is 0 Å². The van der Waals surface area contributed by atoms with E-state index in [0.29, 0.717) is 6.54 Å². The summed E-state index contributed by atoms with van der Waals surface area (Å²) in [5.74, 6) is -0.690. The predicted octanol–water partition coefficient (Wildman–Crippen LogP) is 0.656. The van der Waals surface area contributed by atoms with Crippen molar-refractivity contribution in [1.82, 2.24) is 10.2 Å². The number of hydrogen-bond donors (Lipinski definition) is 2. The Labute approximate surface area is 130 Å². The van der Waals surface area contributed by atoms with Crippen molar-refractivity contribution in [2.24, 2.45) is 0 Å². The number of nitrogens with zero attached hydrogens (tertiary/aromatic N) is 1. The van der Waals surface area contributed by atoms with Crippen LogP contribution in [0.15, 0.2) is 24.3 Å². The largest absolute Gasteiger partial charge is 0.355 e. The van der Waals surface area contributed by atoms with Gasteiger partial charge in [0.05, 0.1) is 24.1 Å². The van der Waals surface area contributed by atoms with Crippen molar-refractivity contribution in [3.05, 3.63) is 29.8 Å². The van der Waals surface area contributed by atoms with Gasteiger partial charge in [0.25, 0.3) is 5.91 Å². The number of likely N-dealkylation sites (N-methyl/N-ethyl adjacent to an activating group) is 1. The number of nitrogens with one attached hydrogen (secondary N) is 2. The molecule has 7 nitrogen and oxygen atoms in total. The summed E-state index contributed by atoms with van der Waals surface area (Å²) in [4.78, 5) is 25.3. The first kappa shape index (κ1) is 18.0. The van der Waals surface area contributed by atoms with Gasteiger partial charge in [-0.3, -0.25) is 14.3 Å². The lowest BCUT2D eigenvalue weighted by atomic mass is 10.1. The average molecular weight is 327 g/mol. The smallest absolute Gasteiger partial charge is 0.256 e. The summed E-state index contributed by atoms with van der Waals surface area (Å²) >= 11 is 0. The molecular weight excluding hydrogens is 306 g/mol. The molecule has 0 atom stereocenters. The lowest BCUT2D eigenvalue weighted by molar-refractivity contribution is -0.121. The van der Waals surface area contributed by atoms with E-state index in [2.05, 4.69) is 10.0 Å². The third kappa shape index (κ3) is 5.72. The van der Waals surface area contributed by atoms with Crippen LogP contribution in [-0.2, 0) is 14.8 Å². The third-order valence-corrected chi connectivity index (χ3v) is 3.34. The molecule has 0 aliphatic rings. The Balaban J connectivity index is 2.86. The highest BCUT2D eigenvalue weighted by atomic mass is 32.2. The average Bonchev–Trinajstić information content (AvgIpc) is 2.43. The summed E-state index contributed by atoms with van der Waals surface area (Å²) in [7, 11) is -2.00. The fraction of sp³-hybridized carbons (Fsp3) is 0.429. The Morgan fingerprint density at radius 2 is 1.86 bits per heavy atom. The van der Waals surface area contributed by atoms with E-state index in [-0.39, 0.29) is 23.7 Å². The number of carbonyl (C=O) groups is 2. The molecule has 0 bridgehead atoms. The zero-order valence-corrected chi connectivity index (χ0v) is 13.7. The van der Waals surface area contributed by atoms with Gasteiger partial charge in [0, 0.05) is 13.6 Å². The molecule has 0 heterocycles. The molecule has 122 valence electrons. The summed E-state index contributed by atoms with van der Waals surface area (Å²) in [6, 6.07) is 6.26. The van der Waals surface area contributed by atoms with E-state index in [9.17, 15) is 18.0 Å². The highest BCUT2D eigenvalue weighted by Crippen LogP contribution is 2.17. The molecule has 0 saturated carbocycles. The molecule has 1 rings (SSSR count). The minimum absolute atomic E-state index is 0.0912. The van der Waals surface area contributed by atoms with Crippen molar-refractivity contribution in [2.45, 2.75) is 13.3 Å². The molecule has 0 aliphatic carbocycles. The molecule has 22 heavy (non-hydrogen) atoms. The van der Waals surface area contributed by atoms with Crippen LogP contribution < -0.4 is 10.0 Å². The highest BCUT2D eigenvalue weighted by molar-refractivity contribution is 7.92. The minimum atomic E-state index is -3.49. The Morgan fingerprint density at radius 3 is 2.45 bits per heavy atom. The van der Waals surface area contributed by atoms with E-state index >= 15 is 0 Å². The van der Waals surface area contributed by atoms with Crippen LogP contribution in [0.2, 0.25) is 0 Å². The quantitative estimate of drug-likeness (QED) is 0.769. The fourth-order valence-corrected chi connectivity index (χ4v) is 2.35. The molecule has 0 aliphatic heterocycles. The molecule has 2 N–H and O–H groups in total.